The molecule has 272 valence electrons. The maximum absolute atomic E-state index is 2.34. The van der Waals surface area contributed by atoms with Gasteiger partial charge in [-0.25, -0.2) is 0 Å². The molecule has 8 rings (SSSR count). The third kappa shape index (κ3) is 7.97. The van der Waals surface area contributed by atoms with Gasteiger partial charge in [0.1, 0.15) is 0 Å². The van der Waals surface area contributed by atoms with E-state index in [9.17, 15) is 0 Å². The van der Waals surface area contributed by atoms with E-state index < -0.39 is 0 Å². The van der Waals surface area contributed by atoms with Crippen LogP contribution in [0.3, 0.4) is 0 Å². The summed E-state index contributed by atoms with van der Waals surface area (Å²) >= 11 is 0. The number of hydrogen-bond acceptors (Lipinski definition) is 2. The van der Waals surface area contributed by atoms with Gasteiger partial charge in [0, 0.05) is 34.1 Å². The molecule has 0 N–H and O–H groups in total. The van der Waals surface area contributed by atoms with E-state index in [1.54, 1.807) is 0 Å². The minimum Gasteiger partial charge on any atom is -0.311 e. The first-order valence-corrected chi connectivity index (χ1v) is 19.6. The van der Waals surface area contributed by atoms with Crippen LogP contribution in [-0.2, 0) is 0 Å². The molecule has 0 bridgehead atoms. The van der Waals surface area contributed by atoms with Crippen LogP contribution in [0.1, 0.15) is 37.8 Å². The van der Waals surface area contributed by atoms with Gasteiger partial charge in [-0.2, -0.15) is 0 Å². The van der Waals surface area contributed by atoms with Crippen LogP contribution < -0.4 is 9.80 Å². The number of anilines is 6. The molecule has 1 aliphatic rings. The first-order chi connectivity index (χ1) is 27.7. The number of allylic oxidation sites excluding steroid dienone is 8. The number of nitrogens with zero attached hydrogens (tertiary/aromatic N) is 2. The molecule has 0 amide bonds. The number of hydrogen-bond donors (Lipinski definition) is 0. The minimum absolute atomic E-state index is 1.10. The molecule has 0 saturated heterocycles. The van der Waals surface area contributed by atoms with Crippen molar-refractivity contribution in [3.8, 4) is 22.3 Å². The van der Waals surface area contributed by atoms with Gasteiger partial charge in [-0.15, -0.1) is 0 Å². The number of benzene rings is 7. The van der Waals surface area contributed by atoms with Crippen molar-refractivity contribution in [2.24, 2.45) is 0 Å². The lowest BCUT2D eigenvalue weighted by Gasteiger charge is -2.26. The average Bonchev–Trinajstić information content (AvgIpc) is 3.28. The Labute approximate surface area is 332 Å². The molecule has 0 unspecified atom stereocenters. The van der Waals surface area contributed by atoms with Gasteiger partial charge in [-0.1, -0.05) is 140 Å². The molecule has 7 aromatic carbocycles. The van der Waals surface area contributed by atoms with Gasteiger partial charge in [-0.05, 0) is 150 Å². The molecule has 0 fully saturated rings. The van der Waals surface area contributed by atoms with Crippen molar-refractivity contribution >= 4 is 45.3 Å². The first-order valence-electron chi connectivity index (χ1n) is 19.6. The van der Waals surface area contributed by atoms with E-state index in [4.69, 9.17) is 0 Å². The standard InChI is InChI=1S/C54H46N2/c1-3-16-41(4-2)43-27-33-51(34-28-43)55(49-22-10-6-11-23-49)52-37-31-45(32-38-52)46-19-14-20-47(39-46)48-21-15-26-54(40-48)56(50-24-12-7-13-25-50)53-35-29-44(30-36-53)42-17-8-5-9-18-42/h3-4,6-8,10-40H,5,9H2,1-2H3/b16-3-,41-4+. The summed E-state index contributed by atoms with van der Waals surface area (Å²) in [6.07, 6.45) is 15.5. The zero-order valence-electron chi connectivity index (χ0n) is 32.1. The molecule has 2 nitrogen and oxygen atoms in total. The SMILES string of the molecule is C/C=C\C(=C/C)c1ccc(N(c2ccccc2)c2ccc(-c3cccc(-c4cccc(N(c5ccccc5)c5ccc(C6=CCCC=C6)cc5)c4)c3)cc2)cc1. The summed E-state index contributed by atoms with van der Waals surface area (Å²) in [7, 11) is 0. The molecule has 0 aliphatic heterocycles. The predicted octanol–water partition coefficient (Wildman–Crippen LogP) is 15.7. The normalized spacial score (nSPS) is 12.8. The Balaban J connectivity index is 1.09. The largest absolute Gasteiger partial charge is 0.311 e. The topological polar surface area (TPSA) is 6.48 Å². The second-order valence-electron chi connectivity index (χ2n) is 14.0. The molecule has 1 aliphatic carbocycles. The minimum atomic E-state index is 1.10. The Bertz CT molecular complexity index is 2500. The highest BCUT2D eigenvalue weighted by Gasteiger charge is 2.16. The van der Waals surface area contributed by atoms with Gasteiger partial charge >= 0.3 is 0 Å². The van der Waals surface area contributed by atoms with Crippen molar-refractivity contribution in [1.29, 1.82) is 0 Å². The molecule has 0 saturated carbocycles. The Kier molecular flexibility index (Phi) is 11.0. The van der Waals surface area contributed by atoms with Crippen molar-refractivity contribution in [2.45, 2.75) is 26.7 Å². The monoisotopic (exact) mass is 722 g/mol. The third-order valence-electron chi connectivity index (χ3n) is 10.4. The van der Waals surface area contributed by atoms with Crippen LogP contribution in [0.5, 0.6) is 0 Å². The molecule has 2 heteroatoms. The van der Waals surface area contributed by atoms with E-state index in [1.807, 2.05) is 0 Å². The van der Waals surface area contributed by atoms with E-state index in [1.165, 1.54) is 44.5 Å². The third-order valence-corrected chi connectivity index (χ3v) is 10.4. The van der Waals surface area contributed by atoms with Gasteiger partial charge < -0.3 is 9.80 Å². The van der Waals surface area contributed by atoms with Crippen LogP contribution in [-0.4, -0.2) is 0 Å². The summed E-state index contributed by atoms with van der Waals surface area (Å²) in [5.74, 6) is 0. The van der Waals surface area contributed by atoms with Crippen molar-refractivity contribution in [3.63, 3.8) is 0 Å². The molecule has 0 aromatic heterocycles. The van der Waals surface area contributed by atoms with E-state index >= 15 is 0 Å². The maximum Gasteiger partial charge on any atom is 0.0467 e. The van der Waals surface area contributed by atoms with E-state index in [2.05, 4.69) is 242 Å². The molecule has 0 spiro atoms. The summed E-state index contributed by atoms with van der Waals surface area (Å²) in [5, 5.41) is 0. The zero-order chi connectivity index (χ0) is 38.1. The average molecular weight is 723 g/mol. The smallest absolute Gasteiger partial charge is 0.0467 e. The van der Waals surface area contributed by atoms with Crippen molar-refractivity contribution in [2.75, 3.05) is 9.80 Å². The van der Waals surface area contributed by atoms with Gasteiger partial charge in [0.2, 0.25) is 0 Å². The summed E-state index contributed by atoms with van der Waals surface area (Å²) in [6.45, 7) is 4.14. The van der Waals surface area contributed by atoms with Gasteiger partial charge in [0.25, 0.3) is 0 Å². The number of rotatable bonds is 11. The molecule has 7 aromatic rings. The van der Waals surface area contributed by atoms with Gasteiger partial charge in [-0.3, -0.25) is 0 Å². The highest BCUT2D eigenvalue weighted by atomic mass is 15.1. The van der Waals surface area contributed by atoms with Crippen LogP contribution in [0, 0.1) is 0 Å². The lowest BCUT2D eigenvalue weighted by molar-refractivity contribution is 1.04. The summed E-state index contributed by atoms with van der Waals surface area (Å²) in [4.78, 5) is 4.66. The lowest BCUT2D eigenvalue weighted by Crippen LogP contribution is -2.10. The highest BCUT2D eigenvalue weighted by molar-refractivity contribution is 5.84. The van der Waals surface area contributed by atoms with Gasteiger partial charge in [0.15, 0.2) is 0 Å². The Morgan fingerprint density at radius 2 is 0.911 bits per heavy atom. The molecule has 0 atom stereocenters. The Morgan fingerprint density at radius 3 is 1.46 bits per heavy atom. The molecular formula is C54H46N2. The Hall–Kier alpha value is -6.90. The van der Waals surface area contributed by atoms with Crippen LogP contribution in [0.4, 0.5) is 34.1 Å². The number of para-hydroxylation sites is 2. The van der Waals surface area contributed by atoms with Crippen molar-refractivity contribution < 1.29 is 0 Å². The maximum atomic E-state index is 2.34. The zero-order valence-corrected chi connectivity index (χ0v) is 32.1. The highest BCUT2D eigenvalue weighted by Crippen LogP contribution is 2.39. The van der Waals surface area contributed by atoms with Crippen LogP contribution in [0.15, 0.2) is 218 Å². The van der Waals surface area contributed by atoms with E-state index in [0.717, 1.165) is 47.0 Å². The molecule has 56 heavy (non-hydrogen) atoms. The summed E-state index contributed by atoms with van der Waals surface area (Å²) < 4.78 is 0. The molecular weight excluding hydrogens is 677 g/mol. The van der Waals surface area contributed by atoms with Crippen LogP contribution in [0.25, 0.3) is 33.4 Å². The summed E-state index contributed by atoms with van der Waals surface area (Å²) in [6, 6.07) is 65.7. The quantitative estimate of drug-likeness (QED) is 0.123. The fourth-order valence-electron chi connectivity index (χ4n) is 7.53. The van der Waals surface area contributed by atoms with Crippen molar-refractivity contribution in [1.82, 2.24) is 0 Å². The predicted molar refractivity (Wildman–Crippen MR) is 241 cm³/mol. The molecule has 0 heterocycles. The lowest BCUT2D eigenvalue weighted by atomic mass is 9.98. The molecule has 0 radical (unpaired) electrons. The van der Waals surface area contributed by atoms with E-state index in [-0.39, 0.29) is 0 Å². The van der Waals surface area contributed by atoms with Crippen LogP contribution in [0.2, 0.25) is 0 Å². The van der Waals surface area contributed by atoms with Crippen LogP contribution >= 0.6 is 0 Å². The fourth-order valence-corrected chi connectivity index (χ4v) is 7.53. The first kappa shape index (κ1) is 36.1. The van der Waals surface area contributed by atoms with E-state index in [0.29, 0.717) is 0 Å². The summed E-state index contributed by atoms with van der Waals surface area (Å²) in [5.41, 5.74) is 16.4. The van der Waals surface area contributed by atoms with Gasteiger partial charge in [0.05, 0.1) is 0 Å². The second-order valence-corrected chi connectivity index (χ2v) is 14.0. The second kappa shape index (κ2) is 17.1. The van der Waals surface area contributed by atoms with Crippen molar-refractivity contribution in [3.05, 3.63) is 230 Å². The fraction of sp³-hybridized carbons (Fsp3) is 0.0741. The Morgan fingerprint density at radius 1 is 0.429 bits per heavy atom.